The number of ether oxygens (including phenoxy) is 1. The van der Waals surface area contributed by atoms with E-state index in [-0.39, 0.29) is 0 Å². The molecule has 1 aromatic carbocycles. The Kier molecular flexibility index (Phi) is 3.35. The highest BCUT2D eigenvalue weighted by Gasteiger charge is 2.06. The molecule has 0 unspecified atom stereocenters. The molecule has 96 valence electrons. The maximum Gasteiger partial charge on any atom is 0.299 e. The second kappa shape index (κ2) is 5.29. The molecular formula is C13H12N4OS. The van der Waals surface area contributed by atoms with Crippen LogP contribution in [0.3, 0.4) is 0 Å². The number of pyridine rings is 1. The summed E-state index contributed by atoms with van der Waals surface area (Å²) in [5.41, 5.74) is 0.903. The smallest absolute Gasteiger partial charge is 0.299 e. The maximum absolute atomic E-state index is 5.69. The number of fused-ring (bicyclic) bond motifs is 1. The van der Waals surface area contributed by atoms with E-state index in [0.29, 0.717) is 11.7 Å². The fourth-order valence-electron chi connectivity index (χ4n) is 1.71. The van der Waals surface area contributed by atoms with Crippen LogP contribution in [0.2, 0.25) is 0 Å². The Morgan fingerprint density at radius 3 is 3.11 bits per heavy atom. The largest absolute Gasteiger partial charge is 0.430 e. The number of nitrogens with zero attached hydrogens (tertiary/aromatic N) is 3. The zero-order valence-electron chi connectivity index (χ0n) is 10.3. The summed E-state index contributed by atoms with van der Waals surface area (Å²) in [5.74, 6) is 0.721. The number of aromatic nitrogens is 3. The molecule has 0 radical (unpaired) electrons. The molecule has 0 aliphatic rings. The van der Waals surface area contributed by atoms with Gasteiger partial charge in [0.2, 0.25) is 0 Å². The Labute approximate surface area is 114 Å². The van der Waals surface area contributed by atoms with Crippen molar-refractivity contribution in [1.29, 1.82) is 0 Å². The van der Waals surface area contributed by atoms with Gasteiger partial charge >= 0.3 is 0 Å². The topological polar surface area (TPSA) is 59.9 Å². The van der Waals surface area contributed by atoms with Crippen molar-refractivity contribution in [3.05, 3.63) is 41.5 Å². The van der Waals surface area contributed by atoms with Gasteiger partial charge in [0, 0.05) is 24.2 Å². The molecule has 0 bridgehead atoms. The van der Waals surface area contributed by atoms with E-state index >= 15 is 0 Å². The van der Waals surface area contributed by atoms with Crippen LogP contribution in [0.25, 0.3) is 10.9 Å². The first-order valence-corrected chi connectivity index (χ1v) is 6.66. The molecule has 2 aromatic heterocycles. The summed E-state index contributed by atoms with van der Waals surface area (Å²) >= 11 is 1.43. The summed E-state index contributed by atoms with van der Waals surface area (Å²) in [6, 6.07) is 9.71. The summed E-state index contributed by atoms with van der Waals surface area (Å²) in [7, 11) is 1.87. The lowest BCUT2D eigenvalue weighted by atomic mass is 10.2. The Morgan fingerprint density at radius 2 is 2.21 bits per heavy atom. The van der Waals surface area contributed by atoms with Gasteiger partial charge in [-0.05, 0) is 25.2 Å². The third-order valence-corrected chi connectivity index (χ3v) is 3.36. The normalized spacial score (nSPS) is 10.8. The van der Waals surface area contributed by atoms with Gasteiger partial charge in [0.1, 0.15) is 10.8 Å². The lowest BCUT2D eigenvalue weighted by Crippen LogP contribution is -2.04. The number of hydrogen-bond donors (Lipinski definition) is 1. The minimum absolute atomic E-state index is 0.542. The van der Waals surface area contributed by atoms with E-state index in [1.54, 1.807) is 6.20 Å². The van der Waals surface area contributed by atoms with Gasteiger partial charge in [-0.25, -0.2) is 0 Å². The van der Waals surface area contributed by atoms with Crippen molar-refractivity contribution >= 4 is 22.2 Å². The summed E-state index contributed by atoms with van der Waals surface area (Å²) in [6.45, 7) is 0.695. The number of benzene rings is 1. The third kappa shape index (κ3) is 2.69. The number of hydrogen-bond acceptors (Lipinski definition) is 6. The van der Waals surface area contributed by atoms with E-state index in [1.165, 1.54) is 11.3 Å². The van der Waals surface area contributed by atoms with Gasteiger partial charge in [0.25, 0.3) is 5.19 Å². The van der Waals surface area contributed by atoms with Crippen molar-refractivity contribution in [1.82, 2.24) is 20.5 Å². The van der Waals surface area contributed by atoms with Gasteiger partial charge in [-0.1, -0.05) is 22.5 Å². The molecule has 5 nitrogen and oxygen atoms in total. The zero-order chi connectivity index (χ0) is 13.1. The monoisotopic (exact) mass is 272 g/mol. The third-order valence-electron chi connectivity index (χ3n) is 2.56. The van der Waals surface area contributed by atoms with Crippen LogP contribution >= 0.6 is 11.3 Å². The Hall–Kier alpha value is -2.05. The highest BCUT2D eigenvalue weighted by Crippen LogP contribution is 2.26. The van der Waals surface area contributed by atoms with Crippen LogP contribution < -0.4 is 10.1 Å². The quantitative estimate of drug-likeness (QED) is 0.791. The Bertz CT molecular complexity index is 698. The highest BCUT2D eigenvalue weighted by atomic mass is 32.1. The Balaban J connectivity index is 1.83. The first-order chi connectivity index (χ1) is 9.35. The van der Waals surface area contributed by atoms with Crippen LogP contribution in [0, 0.1) is 0 Å². The lowest BCUT2D eigenvalue weighted by molar-refractivity contribution is 0.473. The van der Waals surface area contributed by atoms with Crippen LogP contribution in [-0.4, -0.2) is 22.2 Å². The van der Waals surface area contributed by atoms with Crippen molar-refractivity contribution in [2.24, 2.45) is 0 Å². The number of rotatable bonds is 4. The van der Waals surface area contributed by atoms with E-state index < -0.39 is 0 Å². The molecule has 1 N–H and O–H groups in total. The second-order valence-electron chi connectivity index (χ2n) is 3.95. The molecule has 0 saturated heterocycles. The van der Waals surface area contributed by atoms with Crippen LogP contribution in [0.5, 0.6) is 10.9 Å². The summed E-state index contributed by atoms with van der Waals surface area (Å²) < 4.78 is 5.69. The van der Waals surface area contributed by atoms with Crippen molar-refractivity contribution in [3.8, 4) is 10.9 Å². The van der Waals surface area contributed by atoms with Crippen molar-refractivity contribution in [2.75, 3.05) is 7.05 Å². The van der Waals surface area contributed by atoms with E-state index in [4.69, 9.17) is 4.74 Å². The van der Waals surface area contributed by atoms with Crippen molar-refractivity contribution in [3.63, 3.8) is 0 Å². The molecule has 0 fully saturated rings. The molecule has 0 spiro atoms. The van der Waals surface area contributed by atoms with Crippen molar-refractivity contribution < 1.29 is 4.74 Å². The molecule has 0 aliphatic carbocycles. The molecule has 0 aliphatic heterocycles. The van der Waals surface area contributed by atoms with E-state index in [2.05, 4.69) is 20.5 Å². The molecule has 0 atom stereocenters. The summed E-state index contributed by atoms with van der Waals surface area (Å²) in [6.07, 6.45) is 1.77. The molecule has 0 amide bonds. The van der Waals surface area contributed by atoms with Gasteiger partial charge in [0.15, 0.2) is 0 Å². The van der Waals surface area contributed by atoms with Crippen LogP contribution in [0.1, 0.15) is 5.01 Å². The standard InChI is InChI=1S/C13H12N4OS/c1-14-8-12-16-17-13(19-12)18-10-5-4-9-3-2-6-15-11(9)7-10/h2-7,14H,8H2,1H3. The predicted octanol–water partition coefficient (Wildman–Crippen LogP) is 2.60. The summed E-state index contributed by atoms with van der Waals surface area (Å²) in [4.78, 5) is 4.30. The molecule has 2 heterocycles. The van der Waals surface area contributed by atoms with E-state index in [1.807, 2.05) is 37.4 Å². The first kappa shape index (κ1) is 12.0. The summed E-state index contributed by atoms with van der Waals surface area (Å²) in [5, 5.41) is 13.6. The first-order valence-electron chi connectivity index (χ1n) is 5.85. The average Bonchev–Trinajstić information content (AvgIpc) is 2.86. The highest BCUT2D eigenvalue weighted by molar-refractivity contribution is 7.13. The predicted molar refractivity (Wildman–Crippen MR) is 74.5 cm³/mol. The van der Waals surface area contributed by atoms with Gasteiger partial charge in [-0.3, -0.25) is 4.98 Å². The van der Waals surface area contributed by atoms with Crippen LogP contribution in [0.15, 0.2) is 36.5 Å². The average molecular weight is 272 g/mol. The maximum atomic E-state index is 5.69. The minimum atomic E-state index is 0.542. The van der Waals surface area contributed by atoms with Gasteiger partial charge in [0.05, 0.1) is 5.52 Å². The van der Waals surface area contributed by atoms with Gasteiger partial charge < -0.3 is 10.1 Å². The van der Waals surface area contributed by atoms with E-state index in [9.17, 15) is 0 Å². The second-order valence-corrected chi connectivity index (χ2v) is 4.98. The molecular weight excluding hydrogens is 260 g/mol. The van der Waals surface area contributed by atoms with Crippen LogP contribution in [-0.2, 0) is 6.54 Å². The van der Waals surface area contributed by atoms with Crippen LogP contribution in [0.4, 0.5) is 0 Å². The zero-order valence-corrected chi connectivity index (χ0v) is 11.1. The lowest BCUT2D eigenvalue weighted by Gasteiger charge is -2.02. The molecule has 0 saturated carbocycles. The van der Waals surface area contributed by atoms with E-state index in [0.717, 1.165) is 21.7 Å². The fraction of sp³-hybridized carbons (Fsp3) is 0.154. The van der Waals surface area contributed by atoms with Crippen molar-refractivity contribution in [2.45, 2.75) is 6.54 Å². The molecule has 19 heavy (non-hydrogen) atoms. The molecule has 3 rings (SSSR count). The minimum Gasteiger partial charge on any atom is -0.430 e. The molecule has 3 aromatic rings. The molecule has 6 heteroatoms. The SMILES string of the molecule is CNCc1nnc(Oc2ccc3cccnc3c2)s1. The number of nitrogens with one attached hydrogen (secondary N) is 1. The fourth-order valence-corrected chi connectivity index (χ4v) is 2.43. The van der Waals surface area contributed by atoms with Gasteiger partial charge in [-0.15, -0.1) is 5.10 Å². The van der Waals surface area contributed by atoms with Gasteiger partial charge in [-0.2, -0.15) is 0 Å². The Morgan fingerprint density at radius 1 is 1.26 bits per heavy atom.